The van der Waals surface area contributed by atoms with Gasteiger partial charge in [-0.1, -0.05) is 46.3 Å². The van der Waals surface area contributed by atoms with Gasteiger partial charge in [-0.05, 0) is 107 Å². The molecule has 8 nitrogen and oxygen atoms in total. The largest absolute Gasteiger partial charge is 0.488 e. The molecule has 1 saturated heterocycles. The Kier molecular flexibility index (Phi) is 9.14. The summed E-state index contributed by atoms with van der Waals surface area (Å²) in [5, 5.41) is 12.8. The van der Waals surface area contributed by atoms with E-state index in [-0.39, 0.29) is 11.6 Å². The molecule has 0 aliphatic carbocycles. The van der Waals surface area contributed by atoms with Gasteiger partial charge in [0.25, 0.3) is 11.6 Å². The molecular weight excluding hydrogens is 755 g/mol. The predicted molar refractivity (Wildman–Crippen MR) is 187 cm³/mol. The number of nitro benzene ring substituents is 1. The van der Waals surface area contributed by atoms with Crippen LogP contribution in [0.2, 0.25) is 0 Å². The van der Waals surface area contributed by atoms with Gasteiger partial charge in [0.05, 0.1) is 15.5 Å². The highest BCUT2D eigenvalue weighted by Crippen LogP contribution is 2.37. The van der Waals surface area contributed by atoms with Crippen LogP contribution in [0.1, 0.15) is 16.7 Å². The first-order valence-electron chi connectivity index (χ1n) is 13.6. The lowest BCUT2D eigenvalue weighted by Gasteiger charge is -2.15. The number of hydrogen-bond donors (Lipinski definition) is 1. The molecule has 1 aromatic heterocycles. The van der Waals surface area contributed by atoms with Crippen molar-refractivity contribution in [3.63, 3.8) is 0 Å². The number of nitrogens with one attached hydrogen (secondary N) is 1. The minimum Gasteiger partial charge on any atom is -0.488 e. The Morgan fingerprint density at radius 1 is 1.05 bits per heavy atom. The van der Waals surface area contributed by atoms with Crippen molar-refractivity contribution in [3.05, 3.63) is 137 Å². The first-order valence-corrected chi connectivity index (χ1v) is 16.3. The van der Waals surface area contributed by atoms with E-state index < -0.39 is 4.92 Å². The highest BCUT2D eigenvalue weighted by atomic mass is 127. The number of nitrogens with zero attached hydrogens (tertiary/aromatic N) is 3. The van der Waals surface area contributed by atoms with E-state index in [4.69, 9.17) is 9.73 Å². The number of para-hydroxylation sites is 1. The maximum Gasteiger partial charge on any atom is 0.269 e. The Morgan fingerprint density at radius 2 is 1.82 bits per heavy atom. The van der Waals surface area contributed by atoms with Crippen LogP contribution in [0.15, 0.2) is 112 Å². The Morgan fingerprint density at radius 3 is 2.59 bits per heavy atom. The highest BCUT2D eigenvalue weighted by Gasteiger charge is 2.33. The molecule has 4 aromatic carbocycles. The van der Waals surface area contributed by atoms with Crippen molar-refractivity contribution in [2.45, 2.75) is 13.0 Å². The summed E-state index contributed by atoms with van der Waals surface area (Å²) >= 11 is 7.10. The van der Waals surface area contributed by atoms with Gasteiger partial charge in [-0.3, -0.25) is 19.8 Å². The van der Waals surface area contributed by atoms with Crippen LogP contribution in [0.3, 0.4) is 0 Å². The number of H-pyrrole nitrogens is 1. The van der Waals surface area contributed by atoms with Crippen LogP contribution in [0, 0.1) is 13.7 Å². The molecule has 1 fully saturated rings. The monoisotopic (exact) mass is 778 g/mol. The second-order valence-corrected chi connectivity index (χ2v) is 13.1. The predicted octanol–water partition coefficient (Wildman–Crippen LogP) is 8.87. The van der Waals surface area contributed by atoms with E-state index in [9.17, 15) is 14.9 Å². The maximum absolute atomic E-state index is 13.9. The Hall–Kier alpha value is -3.94. The lowest BCUT2D eigenvalue weighted by Crippen LogP contribution is -2.31. The minimum atomic E-state index is -0.449. The number of nitro groups is 1. The Bertz CT molecular complexity index is 1920. The number of fused-ring (bicyclic) bond motifs is 1. The minimum absolute atomic E-state index is 0.0201. The van der Waals surface area contributed by atoms with Gasteiger partial charge in [0, 0.05) is 49.4 Å². The van der Waals surface area contributed by atoms with E-state index in [1.54, 1.807) is 17.0 Å². The SMILES string of the molecule is O=C1/C(=C/c2cc(Br)ccc2OCc2ccc(I)cc2)SC(=Nc2ccc([N+](=O)[O-])cc2)N1CCc1c[nH]c2ccccc12. The summed E-state index contributed by atoms with van der Waals surface area (Å²) in [6, 6.07) is 27.9. The van der Waals surface area contributed by atoms with Crippen molar-refractivity contribution < 1.29 is 14.5 Å². The fourth-order valence-corrected chi connectivity index (χ4v) is 6.52. The number of carbonyl (C=O) groups excluding carboxylic acids is 1. The molecule has 0 atom stereocenters. The van der Waals surface area contributed by atoms with Crippen molar-refractivity contribution in [2.75, 3.05) is 6.54 Å². The van der Waals surface area contributed by atoms with Gasteiger partial charge in [-0.15, -0.1) is 0 Å². The van der Waals surface area contributed by atoms with Gasteiger partial charge < -0.3 is 9.72 Å². The zero-order valence-corrected chi connectivity index (χ0v) is 27.6. The Labute approximate surface area is 279 Å². The number of thioether (sulfide) groups is 1. The third-order valence-electron chi connectivity index (χ3n) is 7.02. The number of non-ortho nitro benzene ring substituents is 1. The normalized spacial score (nSPS) is 15.0. The molecule has 44 heavy (non-hydrogen) atoms. The van der Waals surface area contributed by atoms with Crippen molar-refractivity contribution in [1.82, 2.24) is 9.88 Å². The van der Waals surface area contributed by atoms with Crippen LogP contribution in [-0.4, -0.2) is 32.4 Å². The van der Waals surface area contributed by atoms with E-state index >= 15 is 0 Å². The number of benzene rings is 4. The number of rotatable bonds is 9. The second-order valence-electron chi connectivity index (χ2n) is 9.94. The van der Waals surface area contributed by atoms with Crippen molar-refractivity contribution in [1.29, 1.82) is 0 Å². The van der Waals surface area contributed by atoms with Crippen molar-refractivity contribution in [3.8, 4) is 5.75 Å². The third-order valence-corrected chi connectivity index (χ3v) is 9.24. The van der Waals surface area contributed by atoms with Crippen LogP contribution in [0.4, 0.5) is 11.4 Å². The molecule has 0 unspecified atom stereocenters. The van der Waals surface area contributed by atoms with E-state index in [0.717, 1.165) is 35.6 Å². The van der Waals surface area contributed by atoms with Crippen LogP contribution in [-0.2, 0) is 17.8 Å². The smallest absolute Gasteiger partial charge is 0.269 e. The summed E-state index contributed by atoms with van der Waals surface area (Å²) in [7, 11) is 0. The number of aromatic amines is 1. The lowest BCUT2D eigenvalue weighted by atomic mass is 10.1. The summed E-state index contributed by atoms with van der Waals surface area (Å²) < 4.78 is 8.20. The number of hydrogen-bond acceptors (Lipinski definition) is 6. The molecule has 2 heterocycles. The third kappa shape index (κ3) is 6.90. The lowest BCUT2D eigenvalue weighted by molar-refractivity contribution is -0.384. The molecule has 0 radical (unpaired) electrons. The molecule has 5 aromatic rings. The number of aliphatic imine (C=N–C) groups is 1. The highest BCUT2D eigenvalue weighted by molar-refractivity contribution is 14.1. The molecule has 0 bridgehead atoms. The van der Waals surface area contributed by atoms with Crippen LogP contribution in [0.5, 0.6) is 5.75 Å². The number of carbonyl (C=O) groups is 1. The average molecular weight is 779 g/mol. The van der Waals surface area contributed by atoms with Crippen molar-refractivity contribution >= 4 is 89.7 Å². The fraction of sp³-hybridized carbons (Fsp3) is 0.0909. The fourth-order valence-electron chi connectivity index (χ4n) is 4.77. The molecule has 1 aliphatic heterocycles. The number of amides is 1. The number of ether oxygens (including phenoxy) is 1. The van der Waals surface area contributed by atoms with Crippen LogP contribution < -0.4 is 4.74 Å². The van der Waals surface area contributed by atoms with Gasteiger partial charge in [0.15, 0.2) is 5.17 Å². The van der Waals surface area contributed by atoms with E-state index in [0.29, 0.717) is 41.1 Å². The molecular formula is C33H24BrIN4O4S. The Balaban J connectivity index is 1.30. The molecule has 1 N–H and O–H groups in total. The number of aromatic nitrogens is 1. The molecule has 6 rings (SSSR count). The number of amidine groups is 1. The van der Waals surface area contributed by atoms with E-state index in [1.807, 2.05) is 72.9 Å². The van der Waals surface area contributed by atoms with E-state index in [1.165, 1.54) is 23.9 Å². The molecule has 220 valence electrons. The molecule has 0 saturated carbocycles. The molecule has 0 spiro atoms. The maximum atomic E-state index is 13.9. The zero-order chi connectivity index (χ0) is 30.6. The quantitative estimate of drug-likeness (QED) is 0.0698. The topological polar surface area (TPSA) is 101 Å². The van der Waals surface area contributed by atoms with E-state index in [2.05, 4.69) is 49.6 Å². The summed E-state index contributed by atoms with van der Waals surface area (Å²) in [6.45, 7) is 0.797. The van der Waals surface area contributed by atoms with Crippen LogP contribution in [0.25, 0.3) is 17.0 Å². The average Bonchev–Trinajstić information content (AvgIpc) is 3.56. The first kappa shape index (κ1) is 30.1. The molecule has 1 aliphatic rings. The van der Waals surface area contributed by atoms with Gasteiger partial charge in [-0.2, -0.15) is 0 Å². The van der Waals surface area contributed by atoms with Crippen molar-refractivity contribution in [2.24, 2.45) is 4.99 Å². The summed E-state index contributed by atoms with van der Waals surface area (Å²) in [4.78, 5) is 34.8. The standard InChI is InChI=1S/C33H24BrIN4O4S/c34-24-7-14-30(43-20-21-5-8-25(35)9-6-21)23(17-24)18-31-32(40)38(16-15-22-19-36-29-4-2-1-3-28(22)29)33(44-31)37-26-10-12-27(13-11-26)39(41)42/h1-14,17-19,36H,15-16,20H2/b31-18-,37-33?. The number of halogens is 2. The van der Waals surface area contributed by atoms with Crippen LogP contribution >= 0.6 is 50.3 Å². The summed E-state index contributed by atoms with van der Waals surface area (Å²) in [5.41, 5.74) is 4.44. The van der Waals surface area contributed by atoms with Gasteiger partial charge in [-0.25, -0.2) is 4.99 Å². The first-order chi connectivity index (χ1) is 21.3. The molecule has 1 amide bonds. The molecule has 11 heteroatoms. The second kappa shape index (κ2) is 13.4. The summed E-state index contributed by atoms with van der Waals surface area (Å²) in [6.07, 6.45) is 4.42. The van der Waals surface area contributed by atoms with Gasteiger partial charge in [0.1, 0.15) is 12.4 Å². The zero-order valence-electron chi connectivity index (χ0n) is 23.1. The van der Waals surface area contributed by atoms with Gasteiger partial charge in [0.2, 0.25) is 0 Å². The van der Waals surface area contributed by atoms with Gasteiger partial charge >= 0.3 is 0 Å². The summed E-state index contributed by atoms with van der Waals surface area (Å²) in [5.74, 6) is 0.484.